The summed E-state index contributed by atoms with van der Waals surface area (Å²) in [6.07, 6.45) is 4.70. The first kappa shape index (κ1) is 15.1. The molecule has 4 nitrogen and oxygen atoms in total. The molecule has 0 spiro atoms. The zero-order valence-corrected chi connectivity index (χ0v) is 12.6. The van der Waals surface area contributed by atoms with Crippen LogP contribution in [0, 0.1) is 0 Å². The first-order chi connectivity index (χ1) is 9.65. The Bertz CT molecular complexity index is 436. The van der Waals surface area contributed by atoms with Gasteiger partial charge in [0.2, 0.25) is 0 Å². The lowest BCUT2D eigenvalue weighted by Gasteiger charge is -2.31. The van der Waals surface area contributed by atoms with Crippen molar-refractivity contribution < 1.29 is 14.2 Å². The standard InChI is InChI=1S/C16H25NO3/c1-11(20-14-7-5-4-6-13(14)17)12-8-9-15(18-2)16(10-12)19-3/h8-11,13-14H,4-7,17H2,1-3H3. The summed E-state index contributed by atoms with van der Waals surface area (Å²) in [5.74, 6) is 1.46. The molecule has 20 heavy (non-hydrogen) atoms. The van der Waals surface area contributed by atoms with Gasteiger partial charge in [0.1, 0.15) is 0 Å². The van der Waals surface area contributed by atoms with Gasteiger partial charge in [0.25, 0.3) is 0 Å². The zero-order chi connectivity index (χ0) is 14.5. The lowest BCUT2D eigenvalue weighted by molar-refractivity contribution is -0.0328. The highest BCUT2D eigenvalue weighted by atomic mass is 16.5. The van der Waals surface area contributed by atoms with Crippen LogP contribution in [0.15, 0.2) is 18.2 Å². The van der Waals surface area contributed by atoms with Gasteiger partial charge in [-0.05, 0) is 37.5 Å². The Labute approximate surface area is 121 Å². The SMILES string of the molecule is COc1ccc(C(C)OC2CCCCC2N)cc1OC. The van der Waals surface area contributed by atoms with Crippen molar-refractivity contribution in [2.24, 2.45) is 5.73 Å². The smallest absolute Gasteiger partial charge is 0.161 e. The summed E-state index contributed by atoms with van der Waals surface area (Å²) in [6.45, 7) is 2.06. The van der Waals surface area contributed by atoms with Gasteiger partial charge in [-0.25, -0.2) is 0 Å². The molecular weight excluding hydrogens is 254 g/mol. The fourth-order valence-electron chi connectivity index (χ4n) is 2.74. The minimum atomic E-state index is 0.00366. The van der Waals surface area contributed by atoms with Gasteiger partial charge in [0.05, 0.1) is 26.4 Å². The van der Waals surface area contributed by atoms with Crippen LogP contribution in [0.5, 0.6) is 11.5 Å². The van der Waals surface area contributed by atoms with Crippen LogP contribution < -0.4 is 15.2 Å². The lowest BCUT2D eigenvalue weighted by Crippen LogP contribution is -2.39. The van der Waals surface area contributed by atoms with Crippen LogP contribution in [0.1, 0.15) is 44.3 Å². The van der Waals surface area contributed by atoms with Gasteiger partial charge in [-0.15, -0.1) is 0 Å². The molecule has 1 aromatic carbocycles. The molecule has 0 radical (unpaired) electrons. The van der Waals surface area contributed by atoms with E-state index in [2.05, 4.69) is 6.92 Å². The molecule has 0 saturated heterocycles. The third kappa shape index (κ3) is 3.44. The maximum atomic E-state index is 6.14. The summed E-state index contributed by atoms with van der Waals surface area (Å²) < 4.78 is 16.7. The second kappa shape index (κ2) is 6.95. The third-order valence-corrected chi connectivity index (χ3v) is 4.01. The summed E-state index contributed by atoms with van der Waals surface area (Å²) in [6, 6.07) is 6.05. The highest BCUT2D eigenvalue weighted by molar-refractivity contribution is 5.43. The van der Waals surface area contributed by atoms with Crippen molar-refractivity contribution in [2.45, 2.75) is 50.9 Å². The predicted molar refractivity (Wildman–Crippen MR) is 79.3 cm³/mol. The molecule has 3 unspecified atom stereocenters. The molecule has 1 aliphatic carbocycles. The van der Waals surface area contributed by atoms with Crippen LogP contribution in [-0.2, 0) is 4.74 Å². The second-order valence-corrected chi connectivity index (χ2v) is 5.38. The summed E-state index contributed by atoms with van der Waals surface area (Å²) in [5, 5.41) is 0. The Morgan fingerprint density at radius 2 is 1.80 bits per heavy atom. The Hall–Kier alpha value is -1.26. The highest BCUT2D eigenvalue weighted by Crippen LogP contribution is 2.32. The molecule has 112 valence electrons. The maximum absolute atomic E-state index is 6.14. The van der Waals surface area contributed by atoms with Gasteiger partial charge in [-0.3, -0.25) is 0 Å². The van der Waals surface area contributed by atoms with Crippen molar-refractivity contribution in [1.29, 1.82) is 0 Å². The molecule has 1 saturated carbocycles. The molecule has 2 N–H and O–H groups in total. The summed E-state index contributed by atoms with van der Waals surface area (Å²) in [5.41, 5.74) is 7.22. The molecule has 1 aromatic rings. The minimum Gasteiger partial charge on any atom is -0.493 e. The molecule has 0 heterocycles. The van der Waals surface area contributed by atoms with Crippen LogP contribution in [0.2, 0.25) is 0 Å². The van der Waals surface area contributed by atoms with Gasteiger partial charge in [0, 0.05) is 6.04 Å². The number of benzene rings is 1. The van der Waals surface area contributed by atoms with E-state index in [0.717, 1.165) is 29.9 Å². The Morgan fingerprint density at radius 1 is 1.10 bits per heavy atom. The minimum absolute atomic E-state index is 0.00366. The van der Waals surface area contributed by atoms with E-state index in [1.807, 2.05) is 18.2 Å². The summed E-state index contributed by atoms with van der Waals surface area (Å²) in [7, 11) is 3.28. The largest absolute Gasteiger partial charge is 0.493 e. The average Bonchev–Trinajstić information content (AvgIpc) is 2.48. The van der Waals surface area contributed by atoms with Gasteiger partial charge < -0.3 is 19.9 Å². The topological polar surface area (TPSA) is 53.7 Å². The number of hydrogen-bond donors (Lipinski definition) is 1. The van der Waals surface area contributed by atoms with Crippen LogP contribution in [0.3, 0.4) is 0 Å². The Kier molecular flexibility index (Phi) is 5.26. The van der Waals surface area contributed by atoms with Crippen molar-refractivity contribution in [3.63, 3.8) is 0 Å². The van der Waals surface area contributed by atoms with E-state index in [0.29, 0.717) is 0 Å². The van der Waals surface area contributed by atoms with Gasteiger partial charge in [-0.1, -0.05) is 18.9 Å². The maximum Gasteiger partial charge on any atom is 0.161 e. The van der Waals surface area contributed by atoms with E-state index >= 15 is 0 Å². The van der Waals surface area contributed by atoms with Gasteiger partial charge >= 0.3 is 0 Å². The molecule has 0 aromatic heterocycles. The fraction of sp³-hybridized carbons (Fsp3) is 0.625. The van der Waals surface area contributed by atoms with Crippen molar-refractivity contribution in [3.8, 4) is 11.5 Å². The normalized spacial score (nSPS) is 24.2. The van der Waals surface area contributed by atoms with E-state index in [1.54, 1.807) is 14.2 Å². The van der Waals surface area contributed by atoms with E-state index in [-0.39, 0.29) is 18.2 Å². The summed E-state index contributed by atoms with van der Waals surface area (Å²) >= 11 is 0. The molecule has 1 aliphatic rings. The van der Waals surface area contributed by atoms with Crippen molar-refractivity contribution >= 4 is 0 Å². The number of ether oxygens (including phenoxy) is 3. The van der Waals surface area contributed by atoms with Crippen LogP contribution in [-0.4, -0.2) is 26.4 Å². The average molecular weight is 279 g/mol. The van der Waals surface area contributed by atoms with Crippen LogP contribution in [0.4, 0.5) is 0 Å². The van der Waals surface area contributed by atoms with Gasteiger partial charge in [-0.2, -0.15) is 0 Å². The van der Waals surface area contributed by atoms with Crippen molar-refractivity contribution in [3.05, 3.63) is 23.8 Å². The summed E-state index contributed by atoms with van der Waals surface area (Å²) in [4.78, 5) is 0. The molecule has 4 heteroatoms. The molecule has 2 rings (SSSR count). The molecular formula is C16H25NO3. The molecule has 0 aliphatic heterocycles. The van der Waals surface area contributed by atoms with E-state index in [4.69, 9.17) is 19.9 Å². The van der Waals surface area contributed by atoms with E-state index in [9.17, 15) is 0 Å². The highest BCUT2D eigenvalue weighted by Gasteiger charge is 2.25. The van der Waals surface area contributed by atoms with E-state index in [1.165, 1.54) is 12.8 Å². The van der Waals surface area contributed by atoms with Crippen molar-refractivity contribution in [2.75, 3.05) is 14.2 Å². The lowest BCUT2D eigenvalue weighted by atomic mass is 9.93. The first-order valence-corrected chi connectivity index (χ1v) is 7.28. The quantitative estimate of drug-likeness (QED) is 0.900. The predicted octanol–water partition coefficient (Wildman–Crippen LogP) is 3.05. The Morgan fingerprint density at radius 3 is 2.45 bits per heavy atom. The molecule has 1 fully saturated rings. The number of methoxy groups -OCH3 is 2. The van der Waals surface area contributed by atoms with Crippen LogP contribution >= 0.6 is 0 Å². The van der Waals surface area contributed by atoms with E-state index < -0.39 is 0 Å². The third-order valence-electron chi connectivity index (χ3n) is 4.01. The monoisotopic (exact) mass is 279 g/mol. The van der Waals surface area contributed by atoms with Crippen LogP contribution in [0.25, 0.3) is 0 Å². The number of hydrogen-bond acceptors (Lipinski definition) is 4. The van der Waals surface area contributed by atoms with Crippen molar-refractivity contribution in [1.82, 2.24) is 0 Å². The number of nitrogens with two attached hydrogens (primary N) is 1. The molecule has 0 amide bonds. The second-order valence-electron chi connectivity index (χ2n) is 5.38. The first-order valence-electron chi connectivity index (χ1n) is 7.28. The Balaban J connectivity index is 2.06. The zero-order valence-electron chi connectivity index (χ0n) is 12.6. The fourth-order valence-corrected chi connectivity index (χ4v) is 2.74. The van der Waals surface area contributed by atoms with Gasteiger partial charge in [0.15, 0.2) is 11.5 Å². The molecule has 3 atom stereocenters. The molecule has 0 bridgehead atoms. The number of rotatable bonds is 5.